The molecule has 1 heterocycles. The zero-order valence-electron chi connectivity index (χ0n) is 20.0. The molecule has 0 aliphatic carbocycles. The van der Waals surface area contributed by atoms with Gasteiger partial charge in [0.05, 0.1) is 16.5 Å². The van der Waals surface area contributed by atoms with E-state index in [4.69, 9.17) is 9.47 Å². The molecule has 1 fully saturated rings. The highest BCUT2D eigenvalue weighted by Crippen LogP contribution is 2.39. The summed E-state index contributed by atoms with van der Waals surface area (Å²) in [6.45, 7) is -0.0115. The second kappa shape index (κ2) is 12.4. The Morgan fingerprint density at radius 1 is 1.11 bits per heavy atom. The molecule has 0 atom stereocenters. The Labute approximate surface area is 231 Å². The molecule has 3 aromatic rings. The second-order valence-electron chi connectivity index (χ2n) is 7.86. The van der Waals surface area contributed by atoms with Crippen LogP contribution in [0.5, 0.6) is 11.5 Å². The second-order valence-corrected chi connectivity index (χ2v) is 10.6. The van der Waals surface area contributed by atoms with Crippen LogP contribution in [-0.4, -0.2) is 41.9 Å². The van der Waals surface area contributed by atoms with Gasteiger partial charge in [0.2, 0.25) is 5.91 Å². The number of hydrogen-bond donors (Lipinski definition) is 1. The first-order valence-corrected chi connectivity index (χ1v) is 13.9. The van der Waals surface area contributed by atoms with Crippen LogP contribution in [-0.2, 0) is 16.2 Å². The van der Waals surface area contributed by atoms with Crippen LogP contribution in [0.4, 0.5) is 10.5 Å². The molecular weight excluding hydrogens is 576 g/mol. The third-order valence-corrected chi connectivity index (χ3v) is 7.53. The van der Waals surface area contributed by atoms with E-state index in [0.717, 1.165) is 27.1 Å². The lowest BCUT2D eigenvalue weighted by atomic mass is 10.1. The number of carbonyl (C=O) groups is 3. The summed E-state index contributed by atoms with van der Waals surface area (Å²) in [6.07, 6.45) is 3.53. The van der Waals surface area contributed by atoms with E-state index < -0.39 is 17.1 Å². The van der Waals surface area contributed by atoms with Crippen molar-refractivity contribution in [3.05, 3.63) is 87.2 Å². The smallest absolute Gasteiger partial charge is 0.294 e. The summed E-state index contributed by atoms with van der Waals surface area (Å²) in [4.78, 5) is 40.1. The van der Waals surface area contributed by atoms with E-state index in [1.54, 1.807) is 36.0 Å². The van der Waals surface area contributed by atoms with Crippen LogP contribution in [0.1, 0.15) is 11.1 Å². The van der Waals surface area contributed by atoms with Crippen molar-refractivity contribution < 1.29 is 23.9 Å². The standard InChI is InChI=1S/C27H23BrN2O5S2/c1-34-22-12-18(11-21(28)25(22)35-16-17-7-4-3-5-8-17)13-23-26(32)30(27(33)37-23)15-24(31)29-19-9-6-10-20(14-19)36-2/h3-14H,15-16H2,1-2H3,(H,29,31)/b23-13+. The number of nitrogens with zero attached hydrogens (tertiary/aromatic N) is 1. The SMILES string of the molecule is COc1cc(/C=C2/SC(=O)N(CC(=O)Nc3cccc(SC)c3)C2=O)cc(Br)c1OCc1ccccc1. The number of benzene rings is 3. The number of carbonyl (C=O) groups excluding carboxylic acids is 3. The summed E-state index contributed by atoms with van der Waals surface area (Å²) in [6, 6.07) is 20.6. The van der Waals surface area contributed by atoms with Gasteiger partial charge in [0.25, 0.3) is 11.1 Å². The summed E-state index contributed by atoms with van der Waals surface area (Å²) in [5.41, 5.74) is 2.25. The number of hydrogen-bond acceptors (Lipinski definition) is 7. The van der Waals surface area contributed by atoms with E-state index >= 15 is 0 Å². The first-order chi connectivity index (χ1) is 17.9. The lowest BCUT2D eigenvalue weighted by Gasteiger charge is -2.14. The molecular formula is C27H23BrN2O5S2. The molecule has 0 saturated carbocycles. The van der Waals surface area contributed by atoms with Gasteiger partial charge >= 0.3 is 0 Å². The summed E-state index contributed by atoms with van der Waals surface area (Å²) in [5.74, 6) is 0.0232. The molecule has 10 heteroatoms. The van der Waals surface area contributed by atoms with Crippen LogP contribution < -0.4 is 14.8 Å². The molecule has 1 aliphatic heterocycles. The van der Waals surface area contributed by atoms with Gasteiger partial charge in [-0.25, -0.2) is 0 Å². The largest absolute Gasteiger partial charge is 0.493 e. The van der Waals surface area contributed by atoms with Crippen molar-refractivity contribution >= 4 is 68.3 Å². The normalized spacial score (nSPS) is 14.2. The predicted octanol–water partition coefficient (Wildman–Crippen LogP) is 6.43. The molecule has 3 aromatic carbocycles. The Hall–Kier alpha value is -3.21. The van der Waals surface area contributed by atoms with Crippen LogP contribution in [0.3, 0.4) is 0 Å². The van der Waals surface area contributed by atoms with E-state index in [9.17, 15) is 14.4 Å². The van der Waals surface area contributed by atoms with E-state index in [1.807, 2.05) is 54.8 Å². The highest BCUT2D eigenvalue weighted by Gasteiger charge is 2.36. The number of amides is 3. The Balaban J connectivity index is 1.46. The van der Waals surface area contributed by atoms with Crippen LogP contribution in [0.25, 0.3) is 6.08 Å². The molecule has 190 valence electrons. The molecule has 1 N–H and O–H groups in total. The number of nitrogens with one attached hydrogen (secondary N) is 1. The fraction of sp³-hybridized carbons (Fsp3) is 0.148. The number of rotatable bonds is 9. The van der Waals surface area contributed by atoms with Crippen molar-refractivity contribution in [3.8, 4) is 11.5 Å². The highest BCUT2D eigenvalue weighted by molar-refractivity contribution is 9.10. The van der Waals surface area contributed by atoms with Crippen LogP contribution in [0.15, 0.2) is 81.0 Å². The average Bonchev–Trinajstić information content (AvgIpc) is 3.15. The Kier molecular flexibility index (Phi) is 8.96. The number of anilines is 1. The zero-order chi connectivity index (χ0) is 26.4. The Bertz CT molecular complexity index is 1360. The quantitative estimate of drug-likeness (QED) is 0.224. The average molecular weight is 600 g/mol. The van der Waals surface area contributed by atoms with E-state index in [-0.39, 0.29) is 11.4 Å². The predicted molar refractivity (Wildman–Crippen MR) is 151 cm³/mol. The Morgan fingerprint density at radius 2 is 1.89 bits per heavy atom. The zero-order valence-corrected chi connectivity index (χ0v) is 23.2. The molecule has 4 rings (SSSR count). The maximum absolute atomic E-state index is 12.9. The van der Waals surface area contributed by atoms with Crippen molar-refractivity contribution in [3.63, 3.8) is 0 Å². The van der Waals surface area contributed by atoms with Crippen molar-refractivity contribution in [2.24, 2.45) is 0 Å². The van der Waals surface area contributed by atoms with Gasteiger partial charge < -0.3 is 14.8 Å². The summed E-state index contributed by atoms with van der Waals surface area (Å²) in [7, 11) is 1.53. The number of thioether (sulfide) groups is 2. The first-order valence-electron chi connectivity index (χ1n) is 11.1. The molecule has 37 heavy (non-hydrogen) atoms. The minimum atomic E-state index is -0.525. The maximum atomic E-state index is 12.9. The van der Waals surface area contributed by atoms with Gasteiger partial charge in [-0.2, -0.15) is 0 Å². The van der Waals surface area contributed by atoms with Crippen molar-refractivity contribution in [1.29, 1.82) is 0 Å². The topological polar surface area (TPSA) is 84.9 Å². The number of halogens is 1. The van der Waals surface area contributed by atoms with E-state index in [1.165, 1.54) is 7.11 Å². The Morgan fingerprint density at radius 3 is 2.62 bits per heavy atom. The molecule has 0 aromatic heterocycles. The van der Waals surface area contributed by atoms with Crippen molar-refractivity contribution in [2.75, 3.05) is 25.2 Å². The molecule has 0 radical (unpaired) electrons. The van der Waals surface area contributed by atoms with Gasteiger partial charge in [-0.1, -0.05) is 36.4 Å². The lowest BCUT2D eigenvalue weighted by Crippen LogP contribution is -2.36. The van der Waals surface area contributed by atoms with Crippen molar-refractivity contribution in [1.82, 2.24) is 4.90 Å². The maximum Gasteiger partial charge on any atom is 0.294 e. The third kappa shape index (κ3) is 6.76. The van der Waals surface area contributed by atoms with Crippen LogP contribution in [0.2, 0.25) is 0 Å². The molecule has 0 spiro atoms. The monoisotopic (exact) mass is 598 g/mol. The van der Waals surface area contributed by atoms with E-state index in [0.29, 0.717) is 33.8 Å². The van der Waals surface area contributed by atoms with E-state index in [2.05, 4.69) is 21.2 Å². The number of ether oxygens (including phenoxy) is 2. The summed E-state index contributed by atoms with van der Waals surface area (Å²) in [5, 5.41) is 2.24. The van der Waals surface area contributed by atoms with Gasteiger partial charge in [0, 0.05) is 10.6 Å². The van der Waals surface area contributed by atoms with Gasteiger partial charge in [-0.3, -0.25) is 19.3 Å². The number of imide groups is 1. The number of methoxy groups -OCH3 is 1. The minimum Gasteiger partial charge on any atom is -0.493 e. The third-order valence-electron chi connectivity index (χ3n) is 5.30. The first kappa shape index (κ1) is 26.8. The molecule has 0 bridgehead atoms. The van der Waals surface area contributed by atoms with Gasteiger partial charge in [-0.05, 0) is 81.5 Å². The summed E-state index contributed by atoms with van der Waals surface area (Å²) >= 11 is 5.86. The molecule has 3 amide bonds. The van der Waals surface area contributed by atoms with Crippen LogP contribution in [0, 0.1) is 0 Å². The lowest BCUT2D eigenvalue weighted by molar-refractivity contribution is -0.127. The van der Waals surface area contributed by atoms with Gasteiger partial charge in [0.15, 0.2) is 11.5 Å². The van der Waals surface area contributed by atoms with Gasteiger partial charge in [0.1, 0.15) is 13.2 Å². The molecule has 1 saturated heterocycles. The molecule has 1 aliphatic rings. The highest BCUT2D eigenvalue weighted by atomic mass is 79.9. The molecule has 0 unspecified atom stereocenters. The fourth-order valence-corrected chi connectivity index (χ4v) is 5.40. The fourth-order valence-electron chi connectivity index (χ4n) is 3.53. The van der Waals surface area contributed by atoms with Gasteiger partial charge in [-0.15, -0.1) is 11.8 Å². The minimum absolute atomic E-state index is 0.217. The van der Waals surface area contributed by atoms with Crippen molar-refractivity contribution in [2.45, 2.75) is 11.5 Å². The summed E-state index contributed by atoms with van der Waals surface area (Å²) < 4.78 is 12.1. The van der Waals surface area contributed by atoms with Crippen LogP contribution >= 0.6 is 39.5 Å². The molecule has 7 nitrogen and oxygen atoms in total.